The molecule has 1 amide bonds. The van der Waals surface area contributed by atoms with Crippen LogP contribution in [-0.4, -0.2) is 44.7 Å². The third kappa shape index (κ3) is 6.38. The van der Waals surface area contributed by atoms with E-state index in [1.165, 1.54) is 25.7 Å². The van der Waals surface area contributed by atoms with Gasteiger partial charge < -0.3 is 5.32 Å². The second-order valence-corrected chi connectivity index (χ2v) is 10.1. The first kappa shape index (κ1) is 20.4. The maximum Gasteiger partial charge on any atom is 0.240 e. The molecule has 2 rings (SSSR count). The van der Waals surface area contributed by atoms with Gasteiger partial charge in [-0.15, -0.1) is 0 Å². The molecule has 140 valence electrons. The van der Waals surface area contributed by atoms with Crippen LogP contribution in [0.15, 0.2) is 18.2 Å². The van der Waals surface area contributed by atoms with Crippen molar-refractivity contribution in [3.8, 4) is 0 Å². The molecular formula is C17H25ClN2O3S2. The van der Waals surface area contributed by atoms with Crippen LogP contribution in [0.4, 0.5) is 5.69 Å². The van der Waals surface area contributed by atoms with E-state index in [1.807, 2.05) is 11.8 Å². The highest BCUT2D eigenvalue weighted by Crippen LogP contribution is 2.29. The minimum absolute atomic E-state index is 0.227. The van der Waals surface area contributed by atoms with E-state index in [0.29, 0.717) is 28.1 Å². The van der Waals surface area contributed by atoms with E-state index in [4.69, 9.17) is 11.6 Å². The number of amides is 1. The van der Waals surface area contributed by atoms with Crippen LogP contribution >= 0.6 is 23.4 Å². The largest absolute Gasteiger partial charge is 0.354 e. The van der Waals surface area contributed by atoms with Crippen molar-refractivity contribution in [3.63, 3.8) is 0 Å². The third-order valence-electron chi connectivity index (χ3n) is 4.20. The first-order valence-electron chi connectivity index (χ1n) is 8.39. The zero-order valence-electron chi connectivity index (χ0n) is 14.6. The highest BCUT2D eigenvalue weighted by atomic mass is 35.5. The molecule has 0 spiro atoms. The smallest absolute Gasteiger partial charge is 0.240 e. The van der Waals surface area contributed by atoms with E-state index in [-0.39, 0.29) is 12.5 Å². The van der Waals surface area contributed by atoms with Crippen molar-refractivity contribution in [1.82, 2.24) is 5.32 Å². The van der Waals surface area contributed by atoms with Gasteiger partial charge in [-0.3, -0.25) is 9.10 Å². The summed E-state index contributed by atoms with van der Waals surface area (Å²) in [4.78, 5) is 12.2. The third-order valence-corrected chi connectivity index (χ3v) is 6.94. The Labute approximate surface area is 159 Å². The van der Waals surface area contributed by atoms with E-state index in [1.54, 1.807) is 25.1 Å². The van der Waals surface area contributed by atoms with Crippen molar-refractivity contribution in [2.75, 3.05) is 29.4 Å². The average molecular weight is 405 g/mol. The van der Waals surface area contributed by atoms with Gasteiger partial charge in [0.25, 0.3) is 0 Å². The minimum Gasteiger partial charge on any atom is -0.354 e. The molecule has 1 aliphatic rings. The Bertz CT molecular complexity index is 704. The molecule has 8 heteroatoms. The van der Waals surface area contributed by atoms with Crippen LogP contribution < -0.4 is 9.62 Å². The molecular weight excluding hydrogens is 380 g/mol. The summed E-state index contributed by atoms with van der Waals surface area (Å²) >= 11 is 7.82. The van der Waals surface area contributed by atoms with E-state index >= 15 is 0 Å². The number of thioether (sulfide) groups is 1. The topological polar surface area (TPSA) is 66.5 Å². The number of nitrogens with one attached hydrogen (secondary N) is 1. The Kier molecular flexibility index (Phi) is 7.46. The number of halogens is 1. The lowest BCUT2D eigenvalue weighted by molar-refractivity contribution is -0.119. The summed E-state index contributed by atoms with van der Waals surface area (Å²) in [6.07, 6.45) is 6.22. The molecule has 1 aromatic rings. The molecule has 1 aromatic carbocycles. The second kappa shape index (κ2) is 9.14. The van der Waals surface area contributed by atoms with Crippen molar-refractivity contribution in [2.24, 2.45) is 0 Å². The van der Waals surface area contributed by atoms with Crippen molar-refractivity contribution >= 4 is 45.0 Å². The SMILES string of the molecule is Cc1cc(Cl)ccc1N(CC(=O)NCCSC1CCCC1)S(C)(=O)=O. The summed E-state index contributed by atoms with van der Waals surface area (Å²) in [5.41, 5.74) is 1.19. The lowest BCUT2D eigenvalue weighted by Crippen LogP contribution is -2.41. The van der Waals surface area contributed by atoms with Gasteiger partial charge in [-0.05, 0) is 43.5 Å². The van der Waals surface area contributed by atoms with Gasteiger partial charge in [0, 0.05) is 22.6 Å². The molecule has 1 fully saturated rings. The minimum atomic E-state index is -3.57. The molecule has 0 heterocycles. The fourth-order valence-electron chi connectivity index (χ4n) is 2.94. The lowest BCUT2D eigenvalue weighted by Gasteiger charge is -2.23. The number of sulfonamides is 1. The van der Waals surface area contributed by atoms with Gasteiger partial charge in [0.2, 0.25) is 15.9 Å². The van der Waals surface area contributed by atoms with E-state index < -0.39 is 10.0 Å². The fraction of sp³-hybridized carbons (Fsp3) is 0.588. The number of hydrogen-bond donors (Lipinski definition) is 1. The molecule has 0 radical (unpaired) electrons. The Hall–Kier alpha value is -0.920. The van der Waals surface area contributed by atoms with Crippen molar-refractivity contribution in [3.05, 3.63) is 28.8 Å². The number of anilines is 1. The quantitative estimate of drug-likeness (QED) is 0.675. The molecule has 0 atom stereocenters. The zero-order chi connectivity index (χ0) is 18.4. The predicted octanol–water partition coefficient (Wildman–Crippen LogP) is 3.21. The summed E-state index contributed by atoms with van der Waals surface area (Å²) < 4.78 is 25.4. The monoisotopic (exact) mass is 404 g/mol. The zero-order valence-corrected chi connectivity index (χ0v) is 17.0. The maximum atomic E-state index is 12.2. The van der Waals surface area contributed by atoms with Crippen molar-refractivity contribution < 1.29 is 13.2 Å². The molecule has 0 aliphatic heterocycles. The number of carbonyl (C=O) groups is 1. The first-order valence-corrected chi connectivity index (χ1v) is 11.7. The molecule has 0 aromatic heterocycles. The second-order valence-electron chi connectivity index (χ2n) is 6.33. The van der Waals surface area contributed by atoms with E-state index in [0.717, 1.165) is 16.3 Å². The van der Waals surface area contributed by atoms with Gasteiger partial charge in [-0.2, -0.15) is 11.8 Å². The number of rotatable bonds is 8. The lowest BCUT2D eigenvalue weighted by atomic mass is 10.2. The Morgan fingerprint density at radius 3 is 2.64 bits per heavy atom. The van der Waals surface area contributed by atoms with Crippen LogP contribution in [0.1, 0.15) is 31.2 Å². The van der Waals surface area contributed by atoms with Crippen molar-refractivity contribution in [2.45, 2.75) is 37.9 Å². The summed E-state index contributed by atoms with van der Waals surface area (Å²) in [6, 6.07) is 4.94. The summed E-state index contributed by atoms with van der Waals surface area (Å²) in [5, 5.41) is 4.06. The standard InChI is InChI=1S/C17H25ClN2O3S2/c1-13-11-14(18)7-8-16(13)20(25(2,22)23)12-17(21)19-9-10-24-15-5-3-4-6-15/h7-8,11,15H,3-6,9-10,12H2,1-2H3,(H,19,21). The molecule has 1 aliphatic carbocycles. The van der Waals surface area contributed by atoms with E-state index in [2.05, 4.69) is 5.32 Å². The molecule has 0 unspecified atom stereocenters. The van der Waals surface area contributed by atoms with E-state index in [9.17, 15) is 13.2 Å². The Morgan fingerprint density at radius 1 is 1.36 bits per heavy atom. The molecule has 0 saturated heterocycles. The Morgan fingerprint density at radius 2 is 2.04 bits per heavy atom. The van der Waals surface area contributed by atoms with Gasteiger partial charge in [-0.1, -0.05) is 24.4 Å². The summed E-state index contributed by atoms with van der Waals surface area (Å²) in [7, 11) is -3.57. The van der Waals surface area contributed by atoms with Gasteiger partial charge >= 0.3 is 0 Å². The van der Waals surface area contributed by atoms with Crippen LogP contribution in [0, 0.1) is 6.92 Å². The first-order chi connectivity index (χ1) is 11.8. The number of aryl methyl sites for hydroxylation is 1. The fourth-order valence-corrected chi connectivity index (χ4v) is 5.30. The van der Waals surface area contributed by atoms with Crippen LogP contribution in [0.25, 0.3) is 0 Å². The van der Waals surface area contributed by atoms with Gasteiger partial charge in [0.05, 0.1) is 11.9 Å². The maximum absolute atomic E-state index is 12.2. The number of hydrogen-bond acceptors (Lipinski definition) is 4. The number of nitrogens with zero attached hydrogens (tertiary/aromatic N) is 1. The van der Waals surface area contributed by atoms with Crippen molar-refractivity contribution in [1.29, 1.82) is 0 Å². The van der Waals surface area contributed by atoms with Crippen LogP contribution in [-0.2, 0) is 14.8 Å². The van der Waals surface area contributed by atoms with Gasteiger partial charge in [0.1, 0.15) is 6.54 Å². The van der Waals surface area contributed by atoms with Crippen LogP contribution in [0.3, 0.4) is 0 Å². The normalized spacial score (nSPS) is 15.3. The molecule has 1 saturated carbocycles. The average Bonchev–Trinajstić information content (AvgIpc) is 3.02. The van der Waals surface area contributed by atoms with Crippen LogP contribution in [0.5, 0.6) is 0 Å². The molecule has 25 heavy (non-hydrogen) atoms. The number of carbonyl (C=O) groups excluding carboxylic acids is 1. The number of benzene rings is 1. The molecule has 0 bridgehead atoms. The Balaban J connectivity index is 1.91. The predicted molar refractivity (Wildman–Crippen MR) is 106 cm³/mol. The summed E-state index contributed by atoms with van der Waals surface area (Å²) in [6.45, 7) is 2.10. The summed E-state index contributed by atoms with van der Waals surface area (Å²) in [5.74, 6) is 0.557. The highest BCUT2D eigenvalue weighted by molar-refractivity contribution is 7.99. The molecule has 5 nitrogen and oxygen atoms in total. The molecule has 1 N–H and O–H groups in total. The van der Waals surface area contributed by atoms with Gasteiger partial charge in [-0.25, -0.2) is 8.42 Å². The highest BCUT2D eigenvalue weighted by Gasteiger charge is 2.22. The van der Waals surface area contributed by atoms with Gasteiger partial charge in [0.15, 0.2) is 0 Å². The van der Waals surface area contributed by atoms with Crippen LogP contribution in [0.2, 0.25) is 5.02 Å².